The Morgan fingerprint density at radius 2 is 2.04 bits per heavy atom. The lowest BCUT2D eigenvalue weighted by Crippen LogP contribution is -2.17. The van der Waals surface area contributed by atoms with Crippen LogP contribution in [0.25, 0.3) is 0 Å². The Balaban J connectivity index is 2.14. The van der Waals surface area contributed by atoms with E-state index in [9.17, 15) is 22.2 Å². The molecule has 0 saturated heterocycles. The van der Waals surface area contributed by atoms with Gasteiger partial charge < -0.3 is 5.32 Å². The lowest BCUT2D eigenvalue weighted by Gasteiger charge is -2.09. The minimum atomic E-state index is -4.40. The molecule has 1 atom stereocenters. The van der Waals surface area contributed by atoms with E-state index in [2.05, 4.69) is 15.3 Å². The van der Waals surface area contributed by atoms with Crippen LogP contribution in [0.2, 0.25) is 0 Å². The van der Waals surface area contributed by atoms with Crippen molar-refractivity contribution in [1.29, 1.82) is 0 Å². The smallest absolute Gasteiger partial charge is 0.305 e. The quantitative estimate of drug-likeness (QED) is 0.811. The number of rotatable bonds is 5. The van der Waals surface area contributed by atoms with E-state index in [1.54, 1.807) is 13.0 Å². The molecule has 0 spiro atoms. The van der Waals surface area contributed by atoms with Gasteiger partial charge in [-0.2, -0.15) is 13.2 Å². The van der Waals surface area contributed by atoms with E-state index in [-0.39, 0.29) is 28.2 Å². The number of carbonyl (C=O) groups is 1. The van der Waals surface area contributed by atoms with Crippen molar-refractivity contribution >= 4 is 34.3 Å². The Kier molecular flexibility index (Phi) is 5.94. The molecule has 0 aliphatic carbocycles. The van der Waals surface area contributed by atoms with E-state index < -0.39 is 22.2 Å². The second-order valence-corrected chi connectivity index (χ2v) is 7.21. The molecule has 2 aromatic heterocycles. The van der Waals surface area contributed by atoms with Crippen molar-refractivity contribution in [3.05, 3.63) is 42.4 Å². The summed E-state index contributed by atoms with van der Waals surface area (Å²) >= 11 is -0.294. The van der Waals surface area contributed by atoms with Crippen LogP contribution in [0.4, 0.5) is 19.0 Å². The van der Waals surface area contributed by atoms with Gasteiger partial charge in [-0.1, -0.05) is 6.92 Å². The molecule has 1 unspecified atom stereocenters. The second-order valence-electron chi connectivity index (χ2n) is 4.37. The zero-order valence-electron chi connectivity index (χ0n) is 12.3. The number of hydrogen-bond acceptors (Lipinski definition) is 5. The van der Waals surface area contributed by atoms with Gasteiger partial charge in [0.05, 0.1) is 15.7 Å². The lowest BCUT2D eigenvalue weighted by atomic mass is 10.3. The molecule has 0 bridgehead atoms. The maximum atomic E-state index is 12.3. The molecule has 0 fully saturated rings. The molecule has 2 heterocycles. The highest BCUT2D eigenvalue weighted by Crippen LogP contribution is 2.36. The van der Waals surface area contributed by atoms with Gasteiger partial charge in [-0.3, -0.25) is 9.00 Å². The van der Waals surface area contributed by atoms with Crippen LogP contribution in [0, 0.1) is 0 Å². The van der Waals surface area contributed by atoms with Crippen LogP contribution in [-0.4, -0.2) is 31.3 Å². The summed E-state index contributed by atoms with van der Waals surface area (Å²) in [6, 6.07) is 5.56. The zero-order chi connectivity index (χ0) is 17.7. The molecule has 128 valence electrons. The summed E-state index contributed by atoms with van der Waals surface area (Å²) in [5.41, 5.74) is -4.41. The van der Waals surface area contributed by atoms with E-state index in [0.717, 1.165) is 6.20 Å². The van der Waals surface area contributed by atoms with Crippen LogP contribution in [0.15, 0.2) is 46.5 Å². The molecule has 0 radical (unpaired) electrons. The summed E-state index contributed by atoms with van der Waals surface area (Å²) in [5.74, 6) is -0.227. The highest BCUT2D eigenvalue weighted by Gasteiger charge is 2.29. The lowest BCUT2D eigenvalue weighted by molar-refractivity contribution is -0.0328. The van der Waals surface area contributed by atoms with Crippen molar-refractivity contribution < 1.29 is 22.2 Å². The summed E-state index contributed by atoms with van der Waals surface area (Å²) in [4.78, 5) is 20.1. The van der Waals surface area contributed by atoms with E-state index in [1.165, 1.54) is 24.4 Å². The first-order valence-electron chi connectivity index (χ1n) is 6.66. The summed E-state index contributed by atoms with van der Waals surface area (Å²) in [5, 5.41) is 2.43. The third-order valence-electron chi connectivity index (χ3n) is 2.70. The number of anilines is 1. The first-order valence-corrected chi connectivity index (χ1v) is 8.80. The van der Waals surface area contributed by atoms with Gasteiger partial charge in [0.1, 0.15) is 11.5 Å². The van der Waals surface area contributed by atoms with E-state index in [1.807, 2.05) is 0 Å². The number of thioether (sulfide) groups is 1. The molecule has 0 aromatic carbocycles. The molecule has 5 nitrogen and oxygen atoms in total. The molecule has 2 rings (SSSR count). The number of aromatic nitrogens is 2. The number of halogens is 3. The van der Waals surface area contributed by atoms with Crippen molar-refractivity contribution in [3.63, 3.8) is 0 Å². The Hall–Kier alpha value is -1.94. The highest BCUT2D eigenvalue weighted by atomic mass is 32.2. The van der Waals surface area contributed by atoms with Crippen molar-refractivity contribution in [1.82, 2.24) is 9.97 Å². The average molecular weight is 375 g/mol. The summed E-state index contributed by atoms with van der Waals surface area (Å²) in [6.07, 6.45) is 2.40. The fourth-order valence-corrected chi connectivity index (χ4v) is 3.14. The molecule has 1 N–H and O–H groups in total. The predicted molar refractivity (Wildman–Crippen MR) is 85.3 cm³/mol. The van der Waals surface area contributed by atoms with E-state index >= 15 is 0 Å². The number of nitrogens with zero attached hydrogens (tertiary/aromatic N) is 2. The molecule has 0 aliphatic rings. The average Bonchev–Trinajstić information content (AvgIpc) is 2.54. The normalized spacial score (nSPS) is 12.7. The molecule has 1 amide bonds. The van der Waals surface area contributed by atoms with Gasteiger partial charge in [0.2, 0.25) is 0 Å². The summed E-state index contributed by atoms with van der Waals surface area (Å²) in [7, 11) is -1.37. The van der Waals surface area contributed by atoms with Crippen molar-refractivity contribution in [3.8, 4) is 0 Å². The predicted octanol–water partition coefficient (Wildman–Crippen LogP) is 3.47. The third-order valence-corrected chi connectivity index (χ3v) is 4.76. The molecule has 10 heteroatoms. The van der Waals surface area contributed by atoms with Gasteiger partial charge in [-0.15, -0.1) is 0 Å². The Bertz CT molecular complexity index is 752. The fraction of sp³-hybridized carbons (Fsp3) is 0.214. The Morgan fingerprint density at radius 3 is 2.62 bits per heavy atom. The van der Waals surface area contributed by atoms with Gasteiger partial charge in [-0.05, 0) is 36.0 Å². The molecular weight excluding hydrogens is 363 g/mol. The zero-order valence-corrected chi connectivity index (χ0v) is 14.0. The number of alkyl halides is 3. The van der Waals surface area contributed by atoms with Crippen LogP contribution in [0.1, 0.15) is 17.4 Å². The van der Waals surface area contributed by atoms with Crippen molar-refractivity contribution in [2.24, 2.45) is 0 Å². The van der Waals surface area contributed by atoms with Gasteiger partial charge in [0.15, 0.2) is 0 Å². The van der Waals surface area contributed by atoms with Gasteiger partial charge in [0, 0.05) is 23.0 Å². The number of amides is 1. The molecule has 2 aromatic rings. The van der Waals surface area contributed by atoms with Crippen LogP contribution in [0.3, 0.4) is 0 Å². The first-order chi connectivity index (χ1) is 11.3. The molecule has 0 aliphatic heterocycles. The second kappa shape index (κ2) is 7.75. The third kappa shape index (κ3) is 5.03. The minimum absolute atomic E-state index is 0.00627. The molecular formula is C14H12F3N3O2S2. The Morgan fingerprint density at radius 1 is 1.29 bits per heavy atom. The van der Waals surface area contributed by atoms with Crippen LogP contribution < -0.4 is 5.32 Å². The van der Waals surface area contributed by atoms with E-state index in [4.69, 9.17) is 0 Å². The fourth-order valence-electron chi connectivity index (χ4n) is 1.72. The first kappa shape index (κ1) is 18.4. The SMILES string of the molecule is CCS(=O)c1cccnc1C(=O)Nc1ccc(SC(F)(F)F)cn1. The van der Waals surface area contributed by atoms with Crippen molar-refractivity contribution in [2.45, 2.75) is 22.2 Å². The Labute approximate surface area is 142 Å². The van der Waals surface area contributed by atoms with E-state index in [0.29, 0.717) is 10.6 Å². The van der Waals surface area contributed by atoms with Gasteiger partial charge >= 0.3 is 5.51 Å². The number of pyridine rings is 2. The summed E-state index contributed by atoms with van der Waals surface area (Å²) < 4.78 is 48.7. The maximum Gasteiger partial charge on any atom is 0.446 e. The monoisotopic (exact) mass is 375 g/mol. The van der Waals surface area contributed by atoms with Crippen LogP contribution >= 0.6 is 11.8 Å². The largest absolute Gasteiger partial charge is 0.446 e. The van der Waals surface area contributed by atoms with Crippen LogP contribution in [0.5, 0.6) is 0 Å². The maximum absolute atomic E-state index is 12.3. The molecule has 0 saturated carbocycles. The summed E-state index contributed by atoms with van der Waals surface area (Å²) in [6.45, 7) is 1.71. The molecule has 24 heavy (non-hydrogen) atoms. The minimum Gasteiger partial charge on any atom is -0.305 e. The van der Waals surface area contributed by atoms with Gasteiger partial charge in [0.25, 0.3) is 5.91 Å². The van der Waals surface area contributed by atoms with Crippen LogP contribution in [-0.2, 0) is 10.8 Å². The topological polar surface area (TPSA) is 72.0 Å². The van der Waals surface area contributed by atoms with Gasteiger partial charge in [-0.25, -0.2) is 9.97 Å². The number of carbonyl (C=O) groups excluding carboxylic acids is 1. The number of hydrogen-bond donors (Lipinski definition) is 1. The van der Waals surface area contributed by atoms with Crippen molar-refractivity contribution in [2.75, 3.05) is 11.1 Å². The number of nitrogens with one attached hydrogen (secondary N) is 1. The highest BCUT2D eigenvalue weighted by molar-refractivity contribution is 8.00. The standard InChI is InChI=1S/C14H12F3N3O2S2/c1-2-24(22)10-4-3-7-18-12(10)13(21)20-11-6-5-9(8-19-11)23-14(15,16)17/h3-8H,2H2,1H3,(H,19,20,21).